The molecule has 0 saturated heterocycles. The molecule has 0 unspecified atom stereocenters. The fourth-order valence-corrected chi connectivity index (χ4v) is 4.13. The van der Waals surface area contributed by atoms with Gasteiger partial charge in [0, 0.05) is 15.8 Å². The highest BCUT2D eigenvalue weighted by molar-refractivity contribution is 7.14. The van der Waals surface area contributed by atoms with Crippen molar-refractivity contribution in [1.29, 1.82) is 0 Å². The molecule has 0 fully saturated rings. The molecule has 0 radical (unpaired) electrons. The van der Waals surface area contributed by atoms with Gasteiger partial charge in [-0.1, -0.05) is 28.9 Å². The van der Waals surface area contributed by atoms with E-state index in [-0.39, 0.29) is 5.69 Å². The SMILES string of the molecule is Cc1nc(-c2nc(-c3c(C(=O)NN=Cc4ccc(Cl)cc4)noc3C)cs2)cs1. The Morgan fingerprint density at radius 1 is 1.14 bits per heavy atom. The number of nitrogens with zero attached hydrogens (tertiary/aromatic N) is 4. The Kier molecular flexibility index (Phi) is 5.52. The molecule has 0 aliphatic heterocycles. The zero-order chi connectivity index (χ0) is 20.4. The fourth-order valence-electron chi connectivity index (χ4n) is 2.56. The van der Waals surface area contributed by atoms with Crippen LogP contribution in [0.2, 0.25) is 5.02 Å². The molecule has 0 saturated carbocycles. The average Bonchev–Trinajstić information content (AvgIpc) is 3.42. The first-order valence-corrected chi connectivity index (χ1v) is 10.6. The van der Waals surface area contributed by atoms with Crippen LogP contribution in [-0.2, 0) is 0 Å². The lowest BCUT2D eigenvalue weighted by atomic mass is 10.1. The van der Waals surface area contributed by atoms with Crippen LogP contribution >= 0.6 is 34.3 Å². The molecule has 146 valence electrons. The first-order chi connectivity index (χ1) is 14.0. The number of hydrazone groups is 1. The molecule has 0 spiro atoms. The van der Waals surface area contributed by atoms with Gasteiger partial charge in [-0.2, -0.15) is 5.10 Å². The van der Waals surface area contributed by atoms with Gasteiger partial charge < -0.3 is 4.52 Å². The third-order valence-electron chi connectivity index (χ3n) is 3.93. The standard InChI is InChI=1S/C19H14ClN5O2S2/c1-10-16(14-8-29-19(23-14)15-9-28-11(2)22-15)17(25-27-10)18(26)24-21-7-12-3-5-13(20)6-4-12/h3-9H,1-2H3,(H,24,26). The summed E-state index contributed by atoms with van der Waals surface area (Å²) in [6, 6.07) is 7.07. The summed E-state index contributed by atoms with van der Waals surface area (Å²) in [6.07, 6.45) is 1.52. The van der Waals surface area contributed by atoms with Gasteiger partial charge in [0.05, 0.1) is 22.5 Å². The second kappa shape index (κ2) is 8.24. The molecule has 1 N–H and O–H groups in total. The maximum atomic E-state index is 12.6. The normalized spacial score (nSPS) is 11.3. The predicted octanol–water partition coefficient (Wildman–Crippen LogP) is 4.96. The van der Waals surface area contributed by atoms with Gasteiger partial charge in [0.2, 0.25) is 0 Å². The summed E-state index contributed by atoms with van der Waals surface area (Å²) in [6.45, 7) is 3.68. The van der Waals surface area contributed by atoms with Crippen molar-refractivity contribution in [2.45, 2.75) is 13.8 Å². The minimum atomic E-state index is -0.485. The molecule has 1 amide bonds. The third kappa shape index (κ3) is 4.26. The average molecular weight is 444 g/mol. The molecule has 3 aromatic heterocycles. The molecular weight excluding hydrogens is 430 g/mol. The number of carbonyl (C=O) groups is 1. The van der Waals surface area contributed by atoms with E-state index in [2.05, 4.69) is 25.7 Å². The molecule has 4 aromatic rings. The van der Waals surface area contributed by atoms with Crippen molar-refractivity contribution >= 4 is 46.4 Å². The zero-order valence-corrected chi connectivity index (χ0v) is 17.7. The number of halogens is 1. The zero-order valence-electron chi connectivity index (χ0n) is 15.3. The number of hydrogen-bond acceptors (Lipinski definition) is 8. The van der Waals surface area contributed by atoms with Crippen LogP contribution in [0.25, 0.3) is 22.0 Å². The summed E-state index contributed by atoms with van der Waals surface area (Å²) in [5.74, 6) is 0.0178. The second-order valence-electron chi connectivity index (χ2n) is 6.00. The Morgan fingerprint density at radius 2 is 1.90 bits per heavy atom. The van der Waals surface area contributed by atoms with Crippen LogP contribution in [0.1, 0.15) is 26.8 Å². The van der Waals surface area contributed by atoms with E-state index in [1.54, 1.807) is 42.5 Å². The summed E-state index contributed by atoms with van der Waals surface area (Å²) in [7, 11) is 0. The molecule has 3 heterocycles. The van der Waals surface area contributed by atoms with Crippen molar-refractivity contribution < 1.29 is 9.32 Å². The highest BCUT2D eigenvalue weighted by Gasteiger charge is 2.23. The van der Waals surface area contributed by atoms with E-state index < -0.39 is 5.91 Å². The molecule has 10 heteroatoms. The quantitative estimate of drug-likeness (QED) is 0.347. The van der Waals surface area contributed by atoms with Crippen molar-refractivity contribution in [3.05, 3.63) is 62.1 Å². The van der Waals surface area contributed by atoms with Gasteiger partial charge in [-0.05, 0) is 31.5 Å². The number of carbonyl (C=O) groups excluding carboxylic acids is 1. The number of hydrogen-bond donors (Lipinski definition) is 1. The summed E-state index contributed by atoms with van der Waals surface area (Å²) in [4.78, 5) is 21.6. The van der Waals surface area contributed by atoms with E-state index in [1.807, 2.05) is 17.7 Å². The molecule has 0 atom stereocenters. The van der Waals surface area contributed by atoms with E-state index in [9.17, 15) is 4.79 Å². The smallest absolute Gasteiger partial charge is 0.294 e. The number of nitrogens with one attached hydrogen (secondary N) is 1. The maximum absolute atomic E-state index is 12.6. The van der Waals surface area contributed by atoms with Crippen LogP contribution in [0.3, 0.4) is 0 Å². The van der Waals surface area contributed by atoms with Gasteiger partial charge in [-0.25, -0.2) is 15.4 Å². The van der Waals surface area contributed by atoms with Gasteiger partial charge in [-0.3, -0.25) is 4.79 Å². The van der Waals surface area contributed by atoms with Gasteiger partial charge in [-0.15, -0.1) is 22.7 Å². The molecule has 7 nitrogen and oxygen atoms in total. The number of aryl methyl sites for hydroxylation is 2. The summed E-state index contributed by atoms with van der Waals surface area (Å²) in [5, 5.41) is 14.0. The number of thiazole rings is 2. The molecule has 4 rings (SSSR count). The van der Waals surface area contributed by atoms with Crippen molar-refractivity contribution in [1.82, 2.24) is 20.6 Å². The van der Waals surface area contributed by atoms with E-state index in [1.165, 1.54) is 17.6 Å². The van der Waals surface area contributed by atoms with Crippen molar-refractivity contribution in [2.24, 2.45) is 5.10 Å². The second-order valence-corrected chi connectivity index (χ2v) is 8.36. The van der Waals surface area contributed by atoms with Crippen LogP contribution in [0, 0.1) is 13.8 Å². The Labute approximate surface area is 179 Å². The number of aromatic nitrogens is 3. The lowest BCUT2D eigenvalue weighted by Crippen LogP contribution is -2.19. The molecule has 0 aliphatic carbocycles. The minimum absolute atomic E-state index is 0.127. The van der Waals surface area contributed by atoms with Crippen LogP contribution in [0.15, 0.2) is 44.7 Å². The Morgan fingerprint density at radius 3 is 2.62 bits per heavy atom. The molecule has 0 bridgehead atoms. The largest absolute Gasteiger partial charge is 0.360 e. The van der Waals surface area contributed by atoms with E-state index in [0.717, 1.165) is 21.3 Å². The molecular formula is C19H14ClN5O2S2. The first-order valence-electron chi connectivity index (χ1n) is 8.45. The number of rotatable bonds is 5. The Hall–Kier alpha value is -2.88. The van der Waals surface area contributed by atoms with Crippen LogP contribution in [0.5, 0.6) is 0 Å². The Balaban J connectivity index is 1.55. The predicted molar refractivity (Wildman–Crippen MR) is 115 cm³/mol. The van der Waals surface area contributed by atoms with E-state index >= 15 is 0 Å². The summed E-state index contributed by atoms with van der Waals surface area (Å²) < 4.78 is 5.24. The third-order valence-corrected chi connectivity index (χ3v) is 5.82. The summed E-state index contributed by atoms with van der Waals surface area (Å²) >= 11 is 8.87. The number of benzene rings is 1. The topological polar surface area (TPSA) is 93.3 Å². The lowest BCUT2D eigenvalue weighted by Gasteiger charge is -1.99. The van der Waals surface area contributed by atoms with Gasteiger partial charge >= 0.3 is 0 Å². The van der Waals surface area contributed by atoms with Crippen molar-refractivity contribution in [2.75, 3.05) is 0 Å². The number of amides is 1. The molecule has 29 heavy (non-hydrogen) atoms. The highest BCUT2D eigenvalue weighted by Crippen LogP contribution is 2.32. The van der Waals surface area contributed by atoms with Gasteiger partial charge in [0.15, 0.2) is 5.69 Å². The van der Waals surface area contributed by atoms with E-state index in [0.29, 0.717) is 22.0 Å². The molecule has 1 aromatic carbocycles. The molecule has 0 aliphatic rings. The van der Waals surface area contributed by atoms with Crippen LogP contribution in [0.4, 0.5) is 0 Å². The van der Waals surface area contributed by atoms with Crippen molar-refractivity contribution in [3.63, 3.8) is 0 Å². The minimum Gasteiger partial charge on any atom is -0.360 e. The monoisotopic (exact) mass is 443 g/mol. The first kappa shape index (κ1) is 19.4. The van der Waals surface area contributed by atoms with E-state index in [4.69, 9.17) is 16.1 Å². The lowest BCUT2D eigenvalue weighted by molar-refractivity contribution is 0.0946. The fraction of sp³-hybridized carbons (Fsp3) is 0.105. The summed E-state index contributed by atoms with van der Waals surface area (Å²) in [5.41, 5.74) is 5.36. The van der Waals surface area contributed by atoms with Crippen LogP contribution in [-0.4, -0.2) is 27.2 Å². The van der Waals surface area contributed by atoms with Crippen molar-refractivity contribution in [3.8, 4) is 22.0 Å². The Bertz CT molecular complexity index is 1190. The van der Waals surface area contributed by atoms with Gasteiger partial charge in [0.1, 0.15) is 16.5 Å². The van der Waals surface area contributed by atoms with Gasteiger partial charge in [0.25, 0.3) is 5.91 Å². The highest BCUT2D eigenvalue weighted by atomic mass is 35.5. The maximum Gasteiger partial charge on any atom is 0.294 e. The van der Waals surface area contributed by atoms with Crippen LogP contribution < -0.4 is 5.43 Å².